The number of rotatable bonds is 3. The lowest BCUT2D eigenvalue weighted by Crippen LogP contribution is -2.50. The molecule has 0 bridgehead atoms. The van der Waals surface area contributed by atoms with Gasteiger partial charge in [0.2, 0.25) is 0 Å². The third kappa shape index (κ3) is 3.86. The first-order valence-electron chi connectivity index (χ1n) is 9.38. The molecule has 3 aromatic rings. The second-order valence-electron chi connectivity index (χ2n) is 6.96. The second-order valence-corrected chi connectivity index (χ2v) is 6.96. The maximum absolute atomic E-state index is 12.8. The number of benzene rings is 2. The van der Waals surface area contributed by atoms with Crippen molar-refractivity contribution in [2.45, 2.75) is 12.5 Å². The molecule has 2 aromatic carbocycles. The van der Waals surface area contributed by atoms with E-state index in [4.69, 9.17) is 10.00 Å². The van der Waals surface area contributed by atoms with Crippen LogP contribution >= 0.6 is 0 Å². The summed E-state index contributed by atoms with van der Waals surface area (Å²) in [4.78, 5) is 26.9. The van der Waals surface area contributed by atoms with Gasteiger partial charge in [0.25, 0.3) is 5.91 Å². The Labute approximate surface area is 173 Å². The first-order valence-corrected chi connectivity index (χ1v) is 9.38. The summed E-state index contributed by atoms with van der Waals surface area (Å²) in [6.45, 7) is 0.0330. The van der Waals surface area contributed by atoms with Gasteiger partial charge in [-0.2, -0.15) is 15.0 Å². The first kappa shape index (κ1) is 19.2. The number of nitrogens with zero attached hydrogens (tertiary/aromatic N) is 4. The summed E-state index contributed by atoms with van der Waals surface area (Å²) in [6.07, 6.45) is 3.79. The Morgan fingerprint density at radius 3 is 2.77 bits per heavy atom. The Kier molecular flexibility index (Phi) is 5.18. The number of aromatic nitrogens is 2. The van der Waals surface area contributed by atoms with Crippen molar-refractivity contribution in [1.82, 2.24) is 15.1 Å². The number of para-hydroxylation sites is 2. The molecule has 2 heterocycles. The van der Waals surface area contributed by atoms with E-state index in [2.05, 4.69) is 16.5 Å². The number of nitrogens with one attached hydrogen (secondary N) is 1. The number of likely N-dealkylation sites (N-methyl/N-ethyl adjacent to an activating group) is 1. The van der Waals surface area contributed by atoms with E-state index in [0.717, 1.165) is 11.1 Å². The summed E-state index contributed by atoms with van der Waals surface area (Å²) < 4.78 is 6.88. The normalized spacial score (nSPS) is 15.5. The molecule has 4 rings (SSSR count). The van der Waals surface area contributed by atoms with Crippen molar-refractivity contribution in [2.75, 3.05) is 18.6 Å². The van der Waals surface area contributed by atoms with E-state index in [9.17, 15) is 9.59 Å². The third-order valence-electron chi connectivity index (χ3n) is 4.89. The number of hydrogen-bond acceptors (Lipinski definition) is 5. The highest BCUT2D eigenvalue weighted by atomic mass is 16.5. The molecule has 0 fully saturated rings. The van der Waals surface area contributed by atoms with E-state index in [1.54, 1.807) is 43.7 Å². The van der Waals surface area contributed by atoms with Gasteiger partial charge < -0.3 is 15.0 Å². The Balaban J connectivity index is 1.43. The van der Waals surface area contributed by atoms with Crippen molar-refractivity contribution in [3.63, 3.8) is 0 Å². The number of anilines is 1. The van der Waals surface area contributed by atoms with Crippen LogP contribution in [-0.4, -0.2) is 41.4 Å². The van der Waals surface area contributed by atoms with Gasteiger partial charge in [-0.3, -0.25) is 4.79 Å². The maximum atomic E-state index is 12.8. The fourth-order valence-electron chi connectivity index (χ4n) is 3.27. The van der Waals surface area contributed by atoms with E-state index >= 15 is 0 Å². The van der Waals surface area contributed by atoms with Gasteiger partial charge in [-0.15, -0.1) is 0 Å². The van der Waals surface area contributed by atoms with Gasteiger partial charge in [0, 0.05) is 19.7 Å². The largest absolute Gasteiger partial charge is 0.489 e. The molecule has 8 heteroatoms. The molecular weight excluding hydrogens is 382 g/mol. The molecule has 0 aliphatic carbocycles. The lowest BCUT2D eigenvalue weighted by molar-refractivity contribution is -0.120. The fraction of sp³-hybridized carbons (Fsp3) is 0.182. The number of fused-ring (bicyclic) bond motifs is 1. The van der Waals surface area contributed by atoms with E-state index < -0.39 is 12.1 Å². The predicted octanol–water partition coefficient (Wildman–Crippen LogP) is 2.33. The van der Waals surface area contributed by atoms with Gasteiger partial charge in [0.05, 0.1) is 23.5 Å². The minimum Gasteiger partial charge on any atom is -0.489 e. The molecule has 1 aliphatic rings. The van der Waals surface area contributed by atoms with Crippen molar-refractivity contribution in [1.29, 1.82) is 5.26 Å². The molecule has 0 unspecified atom stereocenters. The van der Waals surface area contributed by atoms with Gasteiger partial charge in [-0.1, -0.05) is 24.3 Å². The minimum absolute atomic E-state index is 0.0330. The number of ether oxygens (including phenoxy) is 1. The number of carbonyl (C=O) groups excluding carboxylic acids is 2. The minimum atomic E-state index is -0.832. The number of carbonyl (C=O) groups is 2. The van der Waals surface area contributed by atoms with E-state index in [1.807, 2.05) is 24.3 Å². The standard InChI is InChI=1S/C22H19N5O3/c1-26-19-4-2-3-5-20(19)30-14-18(21(26)28)25-22(29)27-13-17(12-24-27)10-15-6-8-16(11-23)9-7-15/h2-9,12-13,18H,10,14H2,1H3,(H,25,29)/t18-/m0/s1. The van der Waals surface area contributed by atoms with E-state index in [0.29, 0.717) is 23.4 Å². The molecule has 150 valence electrons. The van der Waals surface area contributed by atoms with Crippen LogP contribution in [-0.2, 0) is 11.2 Å². The van der Waals surface area contributed by atoms with Gasteiger partial charge in [-0.05, 0) is 35.4 Å². The molecule has 8 nitrogen and oxygen atoms in total. The summed E-state index contributed by atoms with van der Waals surface area (Å²) in [5.74, 6) is 0.326. The molecule has 1 aromatic heterocycles. The lowest BCUT2D eigenvalue weighted by atomic mass is 10.1. The van der Waals surface area contributed by atoms with Crippen molar-refractivity contribution in [3.8, 4) is 11.8 Å². The highest BCUT2D eigenvalue weighted by Crippen LogP contribution is 2.29. The SMILES string of the molecule is CN1C(=O)[C@@H](NC(=O)n2cc(Cc3ccc(C#N)cc3)cn2)COc2ccccc21. The number of nitriles is 1. The van der Waals surface area contributed by atoms with Crippen LogP contribution in [0.2, 0.25) is 0 Å². The second kappa shape index (κ2) is 8.09. The Bertz CT molecular complexity index is 1130. The van der Waals surface area contributed by atoms with E-state index in [1.165, 1.54) is 9.58 Å². The summed E-state index contributed by atoms with van der Waals surface area (Å²) >= 11 is 0. The lowest BCUT2D eigenvalue weighted by Gasteiger charge is -2.20. The number of amides is 2. The van der Waals surface area contributed by atoms with Gasteiger partial charge >= 0.3 is 6.03 Å². The topological polar surface area (TPSA) is 100 Å². The summed E-state index contributed by atoms with van der Waals surface area (Å²) in [6, 6.07) is 15.2. The van der Waals surface area contributed by atoms with Crippen LogP contribution in [0.1, 0.15) is 16.7 Å². The van der Waals surface area contributed by atoms with Crippen molar-refractivity contribution >= 4 is 17.6 Å². The molecular formula is C22H19N5O3. The molecule has 0 radical (unpaired) electrons. The van der Waals surface area contributed by atoms with Crippen molar-refractivity contribution < 1.29 is 14.3 Å². The van der Waals surface area contributed by atoms with Crippen molar-refractivity contribution in [2.24, 2.45) is 0 Å². The molecule has 2 amide bonds. The molecule has 1 aliphatic heterocycles. The highest BCUT2D eigenvalue weighted by Gasteiger charge is 2.30. The van der Waals surface area contributed by atoms with Crippen LogP contribution in [0.15, 0.2) is 60.9 Å². The summed E-state index contributed by atoms with van der Waals surface area (Å²) in [5.41, 5.74) is 3.09. The quantitative estimate of drug-likeness (QED) is 0.726. The Morgan fingerprint density at radius 1 is 1.23 bits per heavy atom. The third-order valence-corrected chi connectivity index (χ3v) is 4.89. The molecule has 0 saturated carbocycles. The first-order chi connectivity index (χ1) is 14.5. The summed E-state index contributed by atoms with van der Waals surface area (Å²) in [7, 11) is 1.65. The smallest absolute Gasteiger partial charge is 0.342 e. The Morgan fingerprint density at radius 2 is 2.00 bits per heavy atom. The number of hydrogen-bond donors (Lipinski definition) is 1. The van der Waals surface area contributed by atoms with Crippen molar-refractivity contribution in [3.05, 3.63) is 77.6 Å². The van der Waals surface area contributed by atoms with Gasteiger partial charge in [0.1, 0.15) is 18.4 Å². The average molecular weight is 401 g/mol. The van der Waals surface area contributed by atoms with Gasteiger partial charge in [-0.25, -0.2) is 4.79 Å². The molecule has 0 spiro atoms. The molecule has 1 atom stereocenters. The zero-order valence-electron chi connectivity index (χ0n) is 16.3. The average Bonchev–Trinajstić information content (AvgIpc) is 3.20. The molecule has 30 heavy (non-hydrogen) atoms. The van der Waals surface area contributed by atoms with Crippen LogP contribution in [0, 0.1) is 11.3 Å². The zero-order valence-corrected chi connectivity index (χ0v) is 16.3. The van der Waals surface area contributed by atoms with Crippen LogP contribution in [0.5, 0.6) is 5.75 Å². The van der Waals surface area contributed by atoms with Crippen LogP contribution in [0.4, 0.5) is 10.5 Å². The Hall–Kier alpha value is -4.12. The van der Waals surface area contributed by atoms with Gasteiger partial charge in [0.15, 0.2) is 0 Å². The highest BCUT2D eigenvalue weighted by molar-refractivity contribution is 6.00. The molecule has 1 N–H and O–H groups in total. The summed E-state index contributed by atoms with van der Waals surface area (Å²) in [5, 5.41) is 15.7. The van der Waals surface area contributed by atoms with Crippen LogP contribution < -0.4 is 15.0 Å². The van der Waals surface area contributed by atoms with E-state index in [-0.39, 0.29) is 12.5 Å². The van der Waals surface area contributed by atoms with Crippen LogP contribution in [0.25, 0.3) is 0 Å². The molecule has 0 saturated heterocycles. The monoisotopic (exact) mass is 401 g/mol. The zero-order chi connectivity index (χ0) is 21.1. The fourth-order valence-corrected chi connectivity index (χ4v) is 3.27. The van der Waals surface area contributed by atoms with Crippen LogP contribution in [0.3, 0.4) is 0 Å². The maximum Gasteiger partial charge on any atom is 0.342 e. The predicted molar refractivity (Wildman–Crippen MR) is 109 cm³/mol.